The fraction of sp³-hybridized carbons (Fsp3) is 0.400. The fourth-order valence-electron chi connectivity index (χ4n) is 1.47. The lowest BCUT2D eigenvalue weighted by Gasteiger charge is -2.00. The first-order chi connectivity index (χ1) is 8.76. The van der Waals surface area contributed by atoms with Crippen molar-refractivity contribution in [2.75, 3.05) is 6.61 Å². The van der Waals surface area contributed by atoms with Crippen molar-refractivity contribution in [3.63, 3.8) is 0 Å². The summed E-state index contributed by atoms with van der Waals surface area (Å²) in [5.41, 5.74) is 1.77. The Balaban J connectivity index is 2.35. The number of ether oxygens (including phenoxy) is 1. The van der Waals surface area contributed by atoms with E-state index in [2.05, 4.69) is 6.92 Å². The Morgan fingerprint density at radius 1 is 1.28 bits per heavy atom. The molecule has 1 aromatic rings. The number of esters is 1. The van der Waals surface area contributed by atoms with Gasteiger partial charge in [0, 0.05) is 6.08 Å². The Kier molecular flexibility index (Phi) is 6.81. The SMILES string of the molecule is CCCCCOC(=O)/C=C/c1ccc(CO)cc1. The van der Waals surface area contributed by atoms with E-state index in [9.17, 15) is 4.79 Å². The molecule has 0 aliphatic rings. The van der Waals surface area contributed by atoms with Crippen LogP contribution >= 0.6 is 0 Å². The predicted octanol–water partition coefficient (Wildman–Crippen LogP) is 2.93. The number of rotatable bonds is 7. The van der Waals surface area contributed by atoms with Crippen LogP contribution in [0.5, 0.6) is 0 Å². The molecule has 1 N–H and O–H groups in total. The molecule has 18 heavy (non-hydrogen) atoms. The van der Waals surface area contributed by atoms with Crippen LogP contribution in [0.25, 0.3) is 6.08 Å². The minimum absolute atomic E-state index is 0.0312. The summed E-state index contributed by atoms with van der Waals surface area (Å²) in [4.78, 5) is 11.4. The van der Waals surface area contributed by atoms with Crippen LogP contribution in [-0.2, 0) is 16.1 Å². The van der Waals surface area contributed by atoms with Gasteiger partial charge in [0.05, 0.1) is 13.2 Å². The van der Waals surface area contributed by atoms with Crippen LogP contribution in [0.3, 0.4) is 0 Å². The summed E-state index contributed by atoms with van der Waals surface area (Å²) in [7, 11) is 0. The van der Waals surface area contributed by atoms with Gasteiger partial charge in [-0.05, 0) is 23.6 Å². The van der Waals surface area contributed by atoms with Crippen molar-refractivity contribution in [1.29, 1.82) is 0 Å². The Labute approximate surface area is 108 Å². The average Bonchev–Trinajstić information content (AvgIpc) is 2.42. The molecule has 98 valence electrons. The van der Waals surface area contributed by atoms with Crippen molar-refractivity contribution < 1.29 is 14.6 Å². The number of aliphatic hydroxyl groups excluding tert-OH is 1. The molecule has 0 unspecified atom stereocenters. The van der Waals surface area contributed by atoms with Gasteiger partial charge in [0.2, 0.25) is 0 Å². The molecule has 0 radical (unpaired) electrons. The van der Waals surface area contributed by atoms with Gasteiger partial charge in [-0.25, -0.2) is 4.79 Å². The van der Waals surface area contributed by atoms with Crippen LogP contribution in [0.15, 0.2) is 30.3 Å². The molecule has 0 aliphatic carbocycles. The van der Waals surface area contributed by atoms with Crippen molar-refractivity contribution in [2.45, 2.75) is 32.8 Å². The summed E-state index contributed by atoms with van der Waals surface area (Å²) in [6.45, 7) is 2.63. The van der Waals surface area contributed by atoms with Gasteiger partial charge in [-0.2, -0.15) is 0 Å². The predicted molar refractivity (Wildman–Crippen MR) is 71.9 cm³/mol. The molecule has 1 aromatic carbocycles. The Morgan fingerprint density at radius 3 is 2.61 bits per heavy atom. The summed E-state index contributed by atoms with van der Waals surface area (Å²) >= 11 is 0. The van der Waals surface area contributed by atoms with Gasteiger partial charge in [0.25, 0.3) is 0 Å². The maximum atomic E-state index is 11.4. The van der Waals surface area contributed by atoms with Crippen LogP contribution in [-0.4, -0.2) is 17.7 Å². The molecule has 0 bridgehead atoms. The minimum atomic E-state index is -0.308. The first-order valence-electron chi connectivity index (χ1n) is 6.31. The molecular weight excluding hydrogens is 228 g/mol. The molecule has 1 rings (SSSR count). The molecule has 0 heterocycles. The Hall–Kier alpha value is -1.61. The number of benzene rings is 1. The van der Waals surface area contributed by atoms with Crippen LogP contribution in [0.2, 0.25) is 0 Å². The summed E-state index contributed by atoms with van der Waals surface area (Å²) in [5, 5.41) is 8.90. The number of carbonyl (C=O) groups excluding carboxylic acids is 1. The molecule has 0 amide bonds. The highest BCUT2D eigenvalue weighted by Crippen LogP contribution is 2.06. The highest BCUT2D eigenvalue weighted by atomic mass is 16.5. The molecule has 0 fully saturated rings. The molecule has 0 saturated heterocycles. The maximum Gasteiger partial charge on any atom is 0.330 e. The van der Waals surface area contributed by atoms with Crippen LogP contribution in [0, 0.1) is 0 Å². The molecule has 3 heteroatoms. The summed E-state index contributed by atoms with van der Waals surface area (Å²) in [6, 6.07) is 7.36. The third kappa shape index (κ3) is 5.64. The lowest BCUT2D eigenvalue weighted by atomic mass is 10.1. The molecular formula is C15H20O3. The van der Waals surface area contributed by atoms with Crippen molar-refractivity contribution in [2.24, 2.45) is 0 Å². The van der Waals surface area contributed by atoms with E-state index in [1.165, 1.54) is 6.08 Å². The summed E-state index contributed by atoms with van der Waals surface area (Å²) in [5.74, 6) is -0.308. The average molecular weight is 248 g/mol. The quantitative estimate of drug-likeness (QED) is 0.458. The molecule has 0 atom stereocenters. The van der Waals surface area contributed by atoms with Crippen LogP contribution in [0.1, 0.15) is 37.3 Å². The molecule has 3 nitrogen and oxygen atoms in total. The van der Waals surface area contributed by atoms with Gasteiger partial charge in [0.15, 0.2) is 0 Å². The van der Waals surface area contributed by atoms with E-state index < -0.39 is 0 Å². The maximum absolute atomic E-state index is 11.4. The minimum Gasteiger partial charge on any atom is -0.463 e. The third-order valence-electron chi connectivity index (χ3n) is 2.57. The monoisotopic (exact) mass is 248 g/mol. The number of hydrogen-bond acceptors (Lipinski definition) is 3. The molecule has 0 aromatic heterocycles. The van der Waals surface area contributed by atoms with Gasteiger partial charge in [-0.3, -0.25) is 0 Å². The first kappa shape index (κ1) is 14.5. The third-order valence-corrected chi connectivity index (χ3v) is 2.57. The van der Waals surface area contributed by atoms with E-state index in [1.54, 1.807) is 6.08 Å². The smallest absolute Gasteiger partial charge is 0.330 e. The first-order valence-corrected chi connectivity index (χ1v) is 6.31. The number of hydrogen-bond donors (Lipinski definition) is 1. The van der Waals surface area contributed by atoms with Gasteiger partial charge in [0.1, 0.15) is 0 Å². The number of aliphatic hydroxyl groups is 1. The standard InChI is InChI=1S/C15H20O3/c1-2-3-4-11-18-15(17)10-9-13-5-7-14(12-16)8-6-13/h5-10,16H,2-4,11-12H2,1H3/b10-9+. The highest BCUT2D eigenvalue weighted by molar-refractivity contribution is 5.87. The van der Waals surface area contributed by atoms with Gasteiger partial charge >= 0.3 is 5.97 Å². The largest absolute Gasteiger partial charge is 0.463 e. The zero-order valence-electron chi connectivity index (χ0n) is 10.8. The van der Waals surface area contributed by atoms with Gasteiger partial charge < -0.3 is 9.84 Å². The number of carbonyl (C=O) groups is 1. The van der Waals surface area contributed by atoms with E-state index in [0.717, 1.165) is 30.4 Å². The van der Waals surface area contributed by atoms with E-state index in [0.29, 0.717) is 6.61 Å². The van der Waals surface area contributed by atoms with Crippen molar-refractivity contribution in [3.05, 3.63) is 41.5 Å². The molecule has 0 saturated carbocycles. The normalized spacial score (nSPS) is 10.8. The zero-order chi connectivity index (χ0) is 13.2. The van der Waals surface area contributed by atoms with E-state index >= 15 is 0 Å². The topological polar surface area (TPSA) is 46.5 Å². The zero-order valence-corrected chi connectivity index (χ0v) is 10.8. The van der Waals surface area contributed by atoms with Crippen molar-refractivity contribution in [3.8, 4) is 0 Å². The van der Waals surface area contributed by atoms with Crippen LogP contribution < -0.4 is 0 Å². The second kappa shape index (κ2) is 8.48. The Morgan fingerprint density at radius 2 is 2.00 bits per heavy atom. The summed E-state index contributed by atoms with van der Waals surface area (Å²) in [6.07, 6.45) is 6.26. The van der Waals surface area contributed by atoms with Gasteiger partial charge in [-0.15, -0.1) is 0 Å². The second-order valence-electron chi connectivity index (χ2n) is 4.11. The van der Waals surface area contributed by atoms with Gasteiger partial charge in [-0.1, -0.05) is 44.0 Å². The molecule has 0 spiro atoms. The lowest BCUT2D eigenvalue weighted by molar-refractivity contribution is -0.137. The van der Waals surface area contributed by atoms with Crippen molar-refractivity contribution in [1.82, 2.24) is 0 Å². The van der Waals surface area contributed by atoms with E-state index in [-0.39, 0.29) is 12.6 Å². The van der Waals surface area contributed by atoms with Crippen LogP contribution in [0.4, 0.5) is 0 Å². The number of unbranched alkanes of at least 4 members (excludes halogenated alkanes) is 2. The Bertz CT molecular complexity index is 379. The second-order valence-corrected chi connectivity index (χ2v) is 4.11. The summed E-state index contributed by atoms with van der Waals surface area (Å²) < 4.78 is 5.04. The molecule has 0 aliphatic heterocycles. The highest BCUT2D eigenvalue weighted by Gasteiger charge is 1.96. The van der Waals surface area contributed by atoms with E-state index in [4.69, 9.17) is 9.84 Å². The van der Waals surface area contributed by atoms with E-state index in [1.807, 2.05) is 24.3 Å². The van der Waals surface area contributed by atoms with Crippen molar-refractivity contribution >= 4 is 12.0 Å². The fourth-order valence-corrected chi connectivity index (χ4v) is 1.47. The lowest BCUT2D eigenvalue weighted by Crippen LogP contribution is -2.01.